The molecule has 0 fully saturated rings. The van der Waals surface area contributed by atoms with E-state index < -0.39 is 12.1 Å². The molecule has 2 aromatic heterocycles. The van der Waals surface area contributed by atoms with E-state index in [1.165, 1.54) is 11.3 Å². The monoisotopic (exact) mass is 391 g/mol. The second-order valence-corrected chi connectivity index (χ2v) is 7.31. The SMILES string of the molecule is Cc1nc(-c2ccccc2)sc1C(=O)OC(C)c1nc2ccccc2c(=O)[nH]1. The van der Waals surface area contributed by atoms with E-state index in [0.717, 1.165) is 10.6 Å². The number of aromatic nitrogens is 3. The molecule has 0 bridgehead atoms. The number of ether oxygens (including phenoxy) is 1. The Bertz CT molecular complexity index is 1210. The average Bonchev–Trinajstić information content (AvgIpc) is 3.10. The number of benzene rings is 2. The van der Waals surface area contributed by atoms with Crippen LogP contribution in [0.25, 0.3) is 21.5 Å². The van der Waals surface area contributed by atoms with Crippen LogP contribution < -0.4 is 5.56 Å². The zero-order valence-electron chi connectivity index (χ0n) is 15.3. The number of esters is 1. The molecule has 1 atom stereocenters. The fourth-order valence-electron chi connectivity index (χ4n) is 2.86. The summed E-state index contributed by atoms with van der Waals surface area (Å²) in [6, 6.07) is 16.7. The maximum absolute atomic E-state index is 12.7. The number of nitrogens with zero attached hydrogens (tertiary/aromatic N) is 2. The summed E-state index contributed by atoms with van der Waals surface area (Å²) in [5, 5.41) is 1.26. The highest BCUT2D eigenvalue weighted by Crippen LogP contribution is 2.29. The molecule has 1 unspecified atom stereocenters. The quantitative estimate of drug-likeness (QED) is 0.525. The number of hydrogen-bond acceptors (Lipinski definition) is 6. The van der Waals surface area contributed by atoms with Gasteiger partial charge in [0.2, 0.25) is 0 Å². The Morgan fingerprint density at radius 1 is 1.07 bits per heavy atom. The van der Waals surface area contributed by atoms with Crippen LogP contribution in [0.3, 0.4) is 0 Å². The van der Waals surface area contributed by atoms with Crippen molar-refractivity contribution in [3.8, 4) is 10.6 Å². The molecule has 140 valence electrons. The molecule has 0 aliphatic rings. The first-order valence-corrected chi connectivity index (χ1v) is 9.57. The molecule has 0 saturated carbocycles. The summed E-state index contributed by atoms with van der Waals surface area (Å²) >= 11 is 1.29. The Hall–Kier alpha value is -3.32. The minimum atomic E-state index is -0.702. The van der Waals surface area contributed by atoms with Crippen molar-refractivity contribution in [3.05, 3.63) is 81.3 Å². The van der Waals surface area contributed by atoms with Crippen LogP contribution >= 0.6 is 11.3 Å². The van der Waals surface area contributed by atoms with Crippen LogP contribution in [-0.2, 0) is 4.74 Å². The van der Waals surface area contributed by atoms with Gasteiger partial charge in [-0.3, -0.25) is 4.79 Å². The maximum atomic E-state index is 12.7. The molecule has 2 heterocycles. The fourth-order valence-corrected chi connectivity index (χ4v) is 3.81. The number of hydrogen-bond donors (Lipinski definition) is 1. The predicted molar refractivity (Wildman–Crippen MR) is 108 cm³/mol. The highest BCUT2D eigenvalue weighted by molar-refractivity contribution is 7.17. The second kappa shape index (κ2) is 7.36. The molecule has 4 aromatic rings. The molecular formula is C21H17N3O3S. The van der Waals surface area contributed by atoms with E-state index in [1.54, 1.807) is 38.1 Å². The smallest absolute Gasteiger partial charge is 0.350 e. The summed E-state index contributed by atoms with van der Waals surface area (Å²) in [5.74, 6) is -0.178. The standard InChI is InChI=1S/C21H17N3O3S/c1-12-17(28-20(22-12)14-8-4-3-5-9-14)21(26)27-13(2)18-23-16-11-7-6-10-15(16)19(25)24-18/h3-11,13H,1-2H3,(H,23,24,25). The maximum Gasteiger partial charge on any atom is 0.350 e. The van der Waals surface area contributed by atoms with Gasteiger partial charge in [0.25, 0.3) is 5.56 Å². The van der Waals surface area contributed by atoms with Gasteiger partial charge in [-0.1, -0.05) is 42.5 Å². The van der Waals surface area contributed by atoms with Gasteiger partial charge in [-0.05, 0) is 26.0 Å². The minimum Gasteiger partial charge on any atom is -0.450 e. The molecule has 28 heavy (non-hydrogen) atoms. The van der Waals surface area contributed by atoms with E-state index in [1.807, 2.05) is 30.3 Å². The Labute approximate surface area is 164 Å². The number of carbonyl (C=O) groups excluding carboxylic acids is 1. The van der Waals surface area contributed by atoms with Gasteiger partial charge in [0.05, 0.1) is 16.6 Å². The van der Waals surface area contributed by atoms with Crippen molar-refractivity contribution in [2.75, 3.05) is 0 Å². The van der Waals surface area contributed by atoms with Gasteiger partial charge in [-0.15, -0.1) is 11.3 Å². The lowest BCUT2D eigenvalue weighted by molar-refractivity contribution is 0.0325. The van der Waals surface area contributed by atoms with Crippen molar-refractivity contribution in [1.29, 1.82) is 0 Å². The molecule has 7 heteroatoms. The van der Waals surface area contributed by atoms with E-state index >= 15 is 0 Å². The van der Waals surface area contributed by atoms with Crippen LogP contribution in [-0.4, -0.2) is 20.9 Å². The Balaban J connectivity index is 1.59. The van der Waals surface area contributed by atoms with Gasteiger partial charge in [-0.25, -0.2) is 14.8 Å². The number of aryl methyl sites for hydroxylation is 1. The molecule has 0 spiro atoms. The van der Waals surface area contributed by atoms with Gasteiger partial charge in [0.1, 0.15) is 9.88 Å². The summed E-state index contributed by atoms with van der Waals surface area (Å²) in [6.07, 6.45) is -0.702. The van der Waals surface area contributed by atoms with Gasteiger partial charge in [0.15, 0.2) is 11.9 Å². The normalized spacial score (nSPS) is 12.1. The molecule has 1 N–H and O–H groups in total. The molecule has 4 rings (SSSR count). The van der Waals surface area contributed by atoms with Crippen LogP contribution in [0.4, 0.5) is 0 Å². The van der Waals surface area contributed by atoms with Crippen molar-refractivity contribution >= 4 is 28.2 Å². The summed E-state index contributed by atoms with van der Waals surface area (Å²) in [7, 11) is 0. The highest BCUT2D eigenvalue weighted by atomic mass is 32.1. The third-order valence-corrected chi connectivity index (χ3v) is 5.49. The van der Waals surface area contributed by atoms with Crippen LogP contribution in [0.5, 0.6) is 0 Å². The molecule has 0 aliphatic heterocycles. The zero-order valence-corrected chi connectivity index (χ0v) is 16.1. The largest absolute Gasteiger partial charge is 0.450 e. The van der Waals surface area contributed by atoms with Crippen LogP contribution in [0.2, 0.25) is 0 Å². The number of nitrogens with one attached hydrogen (secondary N) is 1. The number of thiazole rings is 1. The third kappa shape index (κ3) is 3.44. The number of rotatable bonds is 4. The Morgan fingerprint density at radius 2 is 1.79 bits per heavy atom. The minimum absolute atomic E-state index is 0.260. The lowest BCUT2D eigenvalue weighted by atomic mass is 10.2. The first-order valence-electron chi connectivity index (χ1n) is 8.75. The van der Waals surface area contributed by atoms with Gasteiger partial charge < -0.3 is 9.72 Å². The molecule has 2 aromatic carbocycles. The lowest BCUT2D eigenvalue weighted by Crippen LogP contribution is -2.17. The van der Waals surface area contributed by atoms with Crippen molar-refractivity contribution in [2.45, 2.75) is 20.0 Å². The third-order valence-electron chi connectivity index (χ3n) is 4.30. The molecule has 0 aliphatic carbocycles. The van der Waals surface area contributed by atoms with Gasteiger partial charge in [0, 0.05) is 5.56 Å². The summed E-state index contributed by atoms with van der Waals surface area (Å²) in [5.41, 5.74) is 1.86. The number of aromatic amines is 1. The van der Waals surface area contributed by atoms with E-state index in [0.29, 0.717) is 27.3 Å². The number of fused-ring (bicyclic) bond motifs is 1. The van der Waals surface area contributed by atoms with E-state index in [4.69, 9.17) is 4.74 Å². The number of H-pyrrole nitrogens is 1. The van der Waals surface area contributed by atoms with Crippen LogP contribution in [0, 0.1) is 6.92 Å². The van der Waals surface area contributed by atoms with E-state index in [-0.39, 0.29) is 5.56 Å². The van der Waals surface area contributed by atoms with Gasteiger partial charge >= 0.3 is 5.97 Å². The van der Waals surface area contributed by atoms with Crippen LogP contribution in [0.1, 0.15) is 34.2 Å². The van der Waals surface area contributed by atoms with Crippen molar-refractivity contribution < 1.29 is 9.53 Å². The summed E-state index contributed by atoms with van der Waals surface area (Å²) < 4.78 is 5.56. The van der Waals surface area contributed by atoms with Crippen molar-refractivity contribution in [1.82, 2.24) is 15.0 Å². The topological polar surface area (TPSA) is 84.9 Å². The highest BCUT2D eigenvalue weighted by Gasteiger charge is 2.21. The fraction of sp³-hybridized carbons (Fsp3) is 0.143. The average molecular weight is 391 g/mol. The predicted octanol–water partition coefficient (Wildman–Crippen LogP) is 4.27. The van der Waals surface area contributed by atoms with Gasteiger partial charge in [-0.2, -0.15) is 0 Å². The van der Waals surface area contributed by atoms with E-state index in [2.05, 4.69) is 15.0 Å². The Morgan fingerprint density at radius 3 is 2.57 bits per heavy atom. The first-order chi connectivity index (χ1) is 13.5. The number of para-hydroxylation sites is 1. The molecule has 6 nitrogen and oxygen atoms in total. The molecule has 0 amide bonds. The summed E-state index contributed by atoms with van der Waals surface area (Å²) in [6.45, 7) is 3.46. The number of carbonyl (C=O) groups is 1. The zero-order chi connectivity index (χ0) is 19.7. The van der Waals surface area contributed by atoms with Crippen molar-refractivity contribution in [3.63, 3.8) is 0 Å². The second-order valence-electron chi connectivity index (χ2n) is 6.32. The van der Waals surface area contributed by atoms with Crippen LogP contribution in [0.15, 0.2) is 59.4 Å². The van der Waals surface area contributed by atoms with Crippen molar-refractivity contribution in [2.24, 2.45) is 0 Å². The molecule has 0 saturated heterocycles. The summed E-state index contributed by atoms with van der Waals surface area (Å²) in [4.78, 5) is 36.9. The molecular weight excluding hydrogens is 374 g/mol. The molecule has 0 radical (unpaired) electrons. The Kier molecular flexibility index (Phi) is 4.75. The van der Waals surface area contributed by atoms with E-state index in [9.17, 15) is 9.59 Å². The lowest BCUT2D eigenvalue weighted by Gasteiger charge is -2.12. The first kappa shape index (κ1) is 18.1.